The van der Waals surface area contributed by atoms with Crippen LogP contribution in [-0.2, 0) is 48.2 Å². The van der Waals surface area contributed by atoms with Crippen LogP contribution in [0.1, 0.15) is 36.0 Å². The lowest BCUT2D eigenvalue weighted by Crippen LogP contribution is -2.48. The third-order valence-electron chi connectivity index (χ3n) is 7.51. The van der Waals surface area contributed by atoms with Gasteiger partial charge in [-0.1, -0.05) is 103 Å². The first-order valence-electron chi connectivity index (χ1n) is 15.7. The van der Waals surface area contributed by atoms with Crippen LogP contribution < -0.4 is 5.32 Å². The second-order valence-electron chi connectivity index (χ2n) is 11.1. The van der Waals surface area contributed by atoms with Crippen molar-refractivity contribution in [3.63, 3.8) is 0 Å². The molecule has 2 N–H and O–H groups in total. The first-order chi connectivity index (χ1) is 22.8. The van der Waals surface area contributed by atoms with E-state index in [1.807, 2.05) is 78.9 Å². The van der Waals surface area contributed by atoms with Gasteiger partial charge in [-0.2, -0.15) is 0 Å². The zero-order valence-electron chi connectivity index (χ0n) is 26.7. The average Bonchev–Trinajstić information content (AvgIpc) is 3.09. The van der Waals surface area contributed by atoms with Crippen LogP contribution in [0.15, 0.2) is 116 Å². The molecular formula is C38H44N2O7. The molecule has 0 saturated carbocycles. The lowest BCUT2D eigenvalue weighted by atomic mass is 9.96. The number of nitrogens with zero attached hydrogens (tertiary/aromatic N) is 1. The van der Waals surface area contributed by atoms with Crippen LogP contribution in [0.2, 0.25) is 0 Å². The fraction of sp³-hybridized carbons (Fsp3) is 0.316. The summed E-state index contributed by atoms with van der Waals surface area (Å²) in [5, 5.41) is 12.3. The summed E-state index contributed by atoms with van der Waals surface area (Å²) in [5.74, 6) is -3.67. The Bertz CT molecular complexity index is 1430. The van der Waals surface area contributed by atoms with Gasteiger partial charge in [-0.05, 0) is 36.0 Å². The largest absolute Gasteiger partial charge is 0.463 e. The van der Waals surface area contributed by atoms with E-state index in [1.165, 1.54) is 11.0 Å². The van der Waals surface area contributed by atoms with Gasteiger partial charge in [0.25, 0.3) is 0 Å². The summed E-state index contributed by atoms with van der Waals surface area (Å²) in [4.78, 5) is 54.9. The Hall–Kier alpha value is -5.02. The van der Waals surface area contributed by atoms with Crippen LogP contribution in [0.25, 0.3) is 0 Å². The Morgan fingerprint density at radius 2 is 1.30 bits per heavy atom. The monoisotopic (exact) mass is 640 g/mol. The number of esters is 2. The van der Waals surface area contributed by atoms with Crippen molar-refractivity contribution >= 4 is 23.8 Å². The zero-order chi connectivity index (χ0) is 33.9. The molecule has 3 atom stereocenters. The van der Waals surface area contributed by atoms with Crippen molar-refractivity contribution in [3.05, 3.63) is 133 Å². The number of carbonyl (C=O) groups is 4. The summed E-state index contributed by atoms with van der Waals surface area (Å²) in [6.07, 6.45) is 3.90. The summed E-state index contributed by atoms with van der Waals surface area (Å²) in [7, 11) is 0. The number of benzene rings is 3. The second kappa shape index (κ2) is 20.2. The molecular weight excluding hydrogens is 596 g/mol. The highest BCUT2D eigenvalue weighted by Gasteiger charge is 2.31. The smallest absolute Gasteiger partial charge is 0.332 e. The molecule has 0 fully saturated rings. The Morgan fingerprint density at radius 1 is 0.745 bits per heavy atom. The molecule has 248 valence electrons. The van der Waals surface area contributed by atoms with Crippen molar-refractivity contribution in [2.24, 2.45) is 11.8 Å². The van der Waals surface area contributed by atoms with Gasteiger partial charge >= 0.3 is 11.9 Å². The van der Waals surface area contributed by atoms with Crippen molar-refractivity contribution in [1.29, 1.82) is 0 Å². The molecule has 2 amide bonds. The first kappa shape index (κ1) is 36.4. The molecule has 3 aromatic rings. The van der Waals surface area contributed by atoms with Crippen LogP contribution in [0.3, 0.4) is 0 Å². The van der Waals surface area contributed by atoms with Crippen LogP contribution in [0.4, 0.5) is 0 Å². The number of hydrogen-bond donors (Lipinski definition) is 2. The van der Waals surface area contributed by atoms with Gasteiger partial charge in [-0.25, -0.2) is 4.79 Å². The molecule has 0 aliphatic heterocycles. The molecule has 0 unspecified atom stereocenters. The third kappa shape index (κ3) is 12.7. The molecule has 0 aliphatic rings. The lowest BCUT2D eigenvalue weighted by molar-refractivity contribution is -0.157. The summed E-state index contributed by atoms with van der Waals surface area (Å²) in [6, 6.07) is 26.5. The summed E-state index contributed by atoms with van der Waals surface area (Å²) in [5.41, 5.74) is 2.57. The van der Waals surface area contributed by atoms with Gasteiger partial charge in [0.15, 0.2) is 6.04 Å². The lowest BCUT2D eigenvalue weighted by Gasteiger charge is -2.25. The maximum atomic E-state index is 13.6. The molecule has 0 aromatic heterocycles. The number of rotatable bonds is 20. The van der Waals surface area contributed by atoms with E-state index in [1.54, 1.807) is 18.2 Å². The van der Waals surface area contributed by atoms with E-state index in [2.05, 4.69) is 18.5 Å². The maximum Gasteiger partial charge on any atom is 0.332 e. The highest BCUT2D eigenvalue weighted by molar-refractivity contribution is 5.89. The van der Waals surface area contributed by atoms with Gasteiger partial charge in [0.2, 0.25) is 11.8 Å². The molecule has 3 aromatic carbocycles. The molecule has 0 radical (unpaired) electrons. The van der Waals surface area contributed by atoms with Gasteiger partial charge in [0, 0.05) is 19.5 Å². The van der Waals surface area contributed by atoms with Gasteiger partial charge in [0.05, 0.1) is 18.4 Å². The standard InChI is InChI=1S/C38H44N2O7/c1-3-14-32(25-35(42)40(22-23-41)26-30-18-10-6-11-19-30)36(43)39-34(38(45)46-27-31-20-12-7-13-21-31)28-47-37(44)33(15-4-2)24-29-16-8-5-9-17-29/h3-13,16-21,32-34,41H,1-2,14-15,22-28H2,(H,39,43)/t32-,33-,34+/m0/s1. The molecule has 0 aliphatic carbocycles. The fourth-order valence-corrected chi connectivity index (χ4v) is 4.97. The van der Waals surface area contributed by atoms with E-state index in [-0.39, 0.29) is 45.1 Å². The van der Waals surface area contributed by atoms with Crippen molar-refractivity contribution in [3.8, 4) is 0 Å². The maximum absolute atomic E-state index is 13.6. The van der Waals surface area contributed by atoms with Crippen LogP contribution in [0.5, 0.6) is 0 Å². The third-order valence-corrected chi connectivity index (χ3v) is 7.51. The zero-order valence-corrected chi connectivity index (χ0v) is 26.7. The molecule has 9 heteroatoms. The van der Waals surface area contributed by atoms with E-state index < -0.39 is 42.3 Å². The SMILES string of the molecule is C=CC[C@@H](CC(=O)N(CCO)Cc1ccccc1)C(=O)N[C@H](COC(=O)[C@@H](CC=C)Cc1ccccc1)C(=O)OCc1ccccc1. The number of ether oxygens (including phenoxy) is 2. The van der Waals surface area contributed by atoms with E-state index in [9.17, 15) is 24.3 Å². The number of nitrogens with one attached hydrogen (secondary N) is 1. The van der Waals surface area contributed by atoms with Crippen LogP contribution in [0, 0.1) is 11.8 Å². The number of carbonyl (C=O) groups excluding carboxylic acids is 4. The van der Waals surface area contributed by atoms with Crippen LogP contribution >= 0.6 is 0 Å². The highest BCUT2D eigenvalue weighted by atomic mass is 16.6. The van der Waals surface area contributed by atoms with Crippen LogP contribution in [-0.4, -0.2) is 59.6 Å². The molecule has 47 heavy (non-hydrogen) atoms. The highest BCUT2D eigenvalue weighted by Crippen LogP contribution is 2.17. The predicted octanol–water partition coefficient (Wildman–Crippen LogP) is 4.80. The number of amides is 2. The topological polar surface area (TPSA) is 122 Å². The Balaban J connectivity index is 1.73. The molecule has 0 heterocycles. The van der Waals surface area contributed by atoms with Crippen molar-refractivity contribution in [2.75, 3.05) is 19.8 Å². The van der Waals surface area contributed by atoms with E-state index in [0.29, 0.717) is 12.8 Å². The Kier molecular flexibility index (Phi) is 15.6. The molecule has 3 rings (SSSR count). The van der Waals surface area contributed by atoms with Gasteiger partial charge in [-0.3, -0.25) is 14.4 Å². The molecule has 9 nitrogen and oxygen atoms in total. The number of aliphatic hydroxyl groups is 1. The minimum absolute atomic E-state index is 0.0444. The van der Waals surface area contributed by atoms with Crippen molar-refractivity contribution < 1.29 is 33.8 Å². The minimum atomic E-state index is -1.32. The van der Waals surface area contributed by atoms with E-state index >= 15 is 0 Å². The van der Waals surface area contributed by atoms with Gasteiger partial charge in [-0.15, -0.1) is 13.2 Å². The van der Waals surface area contributed by atoms with Gasteiger partial charge < -0.3 is 24.8 Å². The van der Waals surface area contributed by atoms with Gasteiger partial charge in [0.1, 0.15) is 13.2 Å². The normalized spacial score (nSPS) is 12.5. The molecule has 0 bridgehead atoms. The van der Waals surface area contributed by atoms with Crippen molar-refractivity contribution in [2.45, 2.75) is 44.9 Å². The average molecular weight is 641 g/mol. The number of allylic oxidation sites excluding steroid dienone is 2. The number of aliphatic hydroxyl groups excluding tert-OH is 1. The van der Waals surface area contributed by atoms with E-state index in [4.69, 9.17) is 9.47 Å². The summed E-state index contributed by atoms with van der Waals surface area (Å²) in [6.45, 7) is 7.10. The minimum Gasteiger partial charge on any atom is -0.463 e. The quantitative estimate of drug-likeness (QED) is 0.134. The predicted molar refractivity (Wildman–Crippen MR) is 179 cm³/mol. The Morgan fingerprint density at radius 3 is 1.87 bits per heavy atom. The number of hydrogen-bond acceptors (Lipinski definition) is 7. The second-order valence-corrected chi connectivity index (χ2v) is 11.1. The summed E-state index contributed by atoms with van der Waals surface area (Å²) < 4.78 is 11.1. The molecule has 0 saturated heterocycles. The van der Waals surface area contributed by atoms with E-state index in [0.717, 1.165) is 16.7 Å². The molecule has 0 spiro atoms. The Labute approximate surface area is 276 Å². The summed E-state index contributed by atoms with van der Waals surface area (Å²) >= 11 is 0. The first-order valence-corrected chi connectivity index (χ1v) is 15.7. The van der Waals surface area contributed by atoms with Crippen molar-refractivity contribution in [1.82, 2.24) is 10.2 Å². The fourth-order valence-electron chi connectivity index (χ4n) is 4.97.